The van der Waals surface area contributed by atoms with Crippen LogP contribution in [0.25, 0.3) is 0 Å². The van der Waals surface area contributed by atoms with Crippen molar-refractivity contribution in [3.8, 4) is 5.75 Å². The molecule has 2 aromatic carbocycles. The SMILES string of the molecule is NS(=O)(=O)c1cccc(NC(=O)COc2cccc3c2C24CC5CC(C2)C3C(C5)C4)c1. The van der Waals surface area contributed by atoms with E-state index in [4.69, 9.17) is 9.88 Å². The lowest BCUT2D eigenvalue weighted by atomic mass is 9.39. The van der Waals surface area contributed by atoms with Crippen LogP contribution in [0.3, 0.4) is 0 Å². The molecular weight excluding hydrogens is 412 g/mol. The number of nitrogens with one attached hydrogen (secondary N) is 1. The first-order chi connectivity index (χ1) is 14.8. The molecule has 0 aromatic heterocycles. The fourth-order valence-electron chi connectivity index (χ4n) is 7.44. The molecule has 6 aliphatic carbocycles. The Kier molecular flexibility index (Phi) is 4.09. The van der Waals surface area contributed by atoms with Crippen LogP contribution in [0.15, 0.2) is 47.4 Å². The molecule has 0 aliphatic heterocycles. The molecular formula is C24H26N2O4S. The monoisotopic (exact) mass is 438 g/mol. The number of carbonyl (C=O) groups excluding carboxylic acids is 1. The van der Waals surface area contributed by atoms with Gasteiger partial charge in [0.1, 0.15) is 5.75 Å². The molecule has 2 unspecified atom stereocenters. The molecule has 6 aliphatic rings. The molecule has 1 spiro atoms. The van der Waals surface area contributed by atoms with E-state index in [1.807, 2.05) is 6.07 Å². The van der Waals surface area contributed by atoms with Gasteiger partial charge in [0.05, 0.1) is 4.90 Å². The standard InChI is InChI=1S/C24H26N2O4S/c25-31(28,29)18-4-1-3-17(9-18)26-21(27)13-30-20-6-2-5-19-22-15-7-14-8-16(22)12-24(10-14,11-15)23(19)20/h1-6,9,14-16,22H,7-8,10-13H2,(H,26,27)(H2,25,28,29). The topological polar surface area (TPSA) is 98.5 Å². The Bertz CT molecular complexity index is 1180. The van der Waals surface area contributed by atoms with Crippen LogP contribution in [0, 0.1) is 17.8 Å². The third-order valence-corrected chi connectivity index (χ3v) is 8.94. The highest BCUT2D eigenvalue weighted by Crippen LogP contribution is 2.71. The number of rotatable bonds is 5. The van der Waals surface area contributed by atoms with Crippen molar-refractivity contribution < 1.29 is 17.9 Å². The summed E-state index contributed by atoms with van der Waals surface area (Å²) in [5.41, 5.74) is 3.44. The molecule has 1 amide bonds. The summed E-state index contributed by atoms with van der Waals surface area (Å²) in [4.78, 5) is 12.5. The van der Waals surface area contributed by atoms with Gasteiger partial charge in [0.15, 0.2) is 6.61 Å². The van der Waals surface area contributed by atoms with E-state index in [-0.39, 0.29) is 22.8 Å². The number of primary sulfonamides is 1. The summed E-state index contributed by atoms with van der Waals surface area (Å²) in [6.45, 7) is -0.118. The summed E-state index contributed by atoms with van der Waals surface area (Å²) < 4.78 is 29.1. The van der Waals surface area contributed by atoms with Gasteiger partial charge in [-0.3, -0.25) is 4.79 Å². The zero-order valence-electron chi connectivity index (χ0n) is 17.2. The molecule has 0 saturated heterocycles. The maximum absolute atomic E-state index is 12.5. The van der Waals surface area contributed by atoms with E-state index in [1.54, 1.807) is 12.1 Å². The first-order valence-corrected chi connectivity index (χ1v) is 12.6. The summed E-state index contributed by atoms with van der Waals surface area (Å²) in [5.74, 6) is 3.67. The number of ether oxygens (including phenoxy) is 1. The maximum atomic E-state index is 12.5. The third-order valence-electron chi connectivity index (χ3n) is 8.03. The van der Waals surface area contributed by atoms with Crippen molar-refractivity contribution in [2.75, 3.05) is 11.9 Å². The van der Waals surface area contributed by atoms with Gasteiger partial charge in [-0.25, -0.2) is 13.6 Å². The lowest BCUT2D eigenvalue weighted by molar-refractivity contribution is -0.118. The number of nitrogens with two attached hydrogens (primary N) is 1. The predicted octanol–water partition coefficient (Wildman–Crippen LogP) is 3.53. The lowest BCUT2D eigenvalue weighted by Crippen LogP contribution is -2.56. The van der Waals surface area contributed by atoms with Crippen LogP contribution < -0.4 is 15.2 Å². The second-order valence-electron chi connectivity index (χ2n) is 9.91. The summed E-state index contributed by atoms with van der Waals surface area (Å²) >= 11 is 0. The van der Waals surface area contributed by atoms with Gasteiger partial charge in [0, 0.05) is 16.7 Å². The van der Waals surface area contributed by atoms with Crippen molar-refractivity contribution in [1.82, 2.24) is 0 Å². The number of amides is 1. The fourth-order valence-corrected chi connectivity index (χ4v) is 8.00. The van der Waals surface area contributed by atoms with Crippen molar-refractivity contribution in [3.63, 3.8) is 0 Å². The normalized spacial score (nSPS) is 32.0. The van der Waals surface area contributed by atoms with Crippen molar-refractivity contribution in [2.24, 2.45) is 22.9 Å². The van der Waals surface area contributed by atoms with E-state index in [0.717, 1.165) is 23.5 Å². The highest BCUT2D eigenvalue weighted by atomic mass is 32.2. The number of carbonyl (C=O) groups is 1. The quantitative estimate of drug-likeness (QED) is 0.746. The predicted molar refractivity (Wildman–Crippen MR) is 116 cm³/mol. The summed E-state index contributed by atoms with van der Waals surface area (Å²) in [6, 6.07) is 12.3. The third kappa shape index (κ3) is 3.01. The molecule has 0 radical (unpaired) electrons. The average molecular weight is 439 g/mol. The number of benzene rings is 2. The molecule has 162 valence electrons. The smallest absolute Gasteiger partial charge is 0.262 e. The van der Waals surface area contributed by atoms with Crippen molar-refractivity contribution in [3.05, 3.63) is 53.6 Å². The Morgan fingerprint density at radius 3 is 2.58 bits per heavy atom. The number of sulfonamides is 1. The largest absolute Gasteiger partial charge is 0.483 e. The van der Waals surface area contributed by atoms with Gasteiger partial charge in [-0.2, -0.15) is 0 Å². The zero-order chi connectivity index (χ0) is 21.4. The highest BCUT2D eigenvalue weighted by molar-refractivity contribution is 7.89. The van der Waals surface area contributed by atoms with Crippen LogP contribution in [0.2, 0.25) is 0 Å². The molecule has 8 rings (SSSR count). The Balaban J connectivity index is 1.22. The van der Waals surface area contributed by atoms with Crippen LogP contribution >= 0.6 is 0 Å². The summed E-state index contributed by atoms with van der Waals surface area (Å²) in [5, 5.41) is 7.88. The van der Waals surface area contributed by atoms with E-state index >= 15 is 0 Å². The minimum absolute atomic E-state index is 0.0381. The molecule has 6 nitrogen and oxygen atoms in total. The molecule has 2 aromatic rings. The number of anilines is 1. The van der Waals surface area contributed by atoms with Crippen LogP contribution in [-0.4, -0.2) is 20.9 Å². The molecule has 4 saturated carbocycles. The van der Waals surface area contributed by atoms with Crippen molar-refractivity contribution in [2.45, 2.75) is 48.3 Å². The second kappa shape index (κ2) is 6.56. The van der Waals surface area contributed by atoms with Gasteiger partial charge in [0.25, 0.3) is 5.91 Å². The van der Waals surface area contributed by atoms with E-state index in [1.165, 1.54) is 55.4 Å². The molecule has 3 N–H and O–H groups in total. The van der Waals surface area contributed by atoms with Gasteiger partial charge in [-0.1, -0.05) is 18.2 Å². The first-order valence-electron chi connectivity index (χ1n) is 11.0. The molecule has 4 fully saturated rings. The highest BCUT2D eigenvalue weighted by Gasteiger charge is 2.61. The Morgan fingerprint density at radius 1 is 1.10 bits per heavy atom. The van der Waals surface area contributed by atoms with Gasteiger partial charge in [-0.05, 0) is 85.6 Å². The van der Waals surface area contributed by atoms with Crippen LogP contribution in [0.1, 0.15) is 49.1 Å². The fraction of sp³-hybridized carbons (Fsp3) is 0.458. The van der Waals surface area contributed by atoms with E-state index in [9.17, 15) is 13.2 Å². The summed E-state index contributed by atoms with van der Waals surface area (Å²) in [7, 11) is -3.82. The minimum Gasteiger partial charge on any atom is -0.483 e. The van der Waals surface area contributed by atoms with Crippen LogP contribution in [-0.2, 0) is 20.2 Å². The zero-order valence-corrected chi connectivity index (χ0v) is 18.0. The van der Waals surface area contributed by atoms with Crippen LogP contribution in [0.4, 0.5) is 5.69 Å². The molecule has 31 heavy (non-hydrogen) atoms. The molecule has 5 bridgehead atoms. The summed E-state index contributed by atoms with van der Waals surface area (Å²) in [6.07, 6.45) is 6.56. The average Bonchev–Trinajstić information content (AvgIpc) is 2.70. The Hall–Kier alpha value is -2.38. The number of hydrogen-bond donors (Lipinski definition) is 2. The van der Waals surface area contributed by atoms with Crippen molar-refractivity contribution in [1.29, 1.82) is 0 Å². The lowest BCUT2D eigenvalue weighted by Gasteiger charge is -2.65. The van der Waals surface area contributed by atoms with E-state index < -0.39 is 10.0 Å². The maximum Gasteiger partial charge on any atom is 0.262 e. The van der Waals surface area contributed by atoms with Crippen molar-refractivity contribution >= 4 is 21.6 Å². The van der Waals surface area contributed by atoms with Crippen LogP contribution in [0.5, 0.6) is 5.75 Å². The minimum atomic E-state index is -3.82. The van der Waals surface area contributed by atoms with Gasteiger partial charge >= 0.3 is 0 Å². The Morgan fingerprint density at radius 2 is 1.84 bits per heavy atom. The van der Waals surface area contributed by atoms with E-state index in [0.29, 0.717) is 11.6 Å². The molecule has 0 heterocycles. The van der Waals surface area contributed by atoms with Gasteiger partial charge in [-0.15, -0.1) is 0 Å². The second-order valence-corrected chi connectivity index (χ2v) is 11.5. The Labute approximate surface area is 182 Å². The first kappa shape index (κ1) is 19.3. The molecule has 2 atom stereocenters. The van der Waals surface area contributed by atoms with Gasteiger partial charge < -0.3 is 10.1 Å². The number of hydrogen-bond acceptors (Lipinski definition) is 4. The van der Waals surface area contributed by atoms with Gasteiger partial charge in [0.2, 0.25) is 10.0 Å². The molecule has 7 heteroatoms. The van der Waals surface area contributed by atoms with E-state index in [2.05, 4.69) is 17.4 Å².